The highest BCUT2D eigenvalue weighted by atomic mass is 35.5. The second kappa shape index (κ2) is 5.91. The van der Waals surface area contributed by atoms with Crippen molar-refractivity contribution < 1.29 is 0 Å². The van der Waals surface area contributed by atoms with Crippen LogP contribution in [0.1, 0.15) is 17.2 Å². The number of nitrogens with two attached hydrogens (primary N) is 1. The van der Waals surface area contributed by atoms with Gasteiger partial charge in [-0.2, -0.15) is 0 Å². The van der Waals surface area contributed by atoms with Gasteiger partial charge in [0.15, 0.2) is 0 Å². The summed E-state index contributed by atoms with van der Waals surface area (Å²) in [5.41, 5.74) is 4.53. The third kappa shape index (κ3) is 2.97. The second-order valence-electron chi connectivity index (χ2n) is 3.82. The maximum atomic E-state index is 6.17. The zero-order chi connectivity index (χ0) is 13.1. The van der Waals surface area contributed by atoms with Gasteiger partial charge in [-0.15, -0.1) is 0 Å². The number of halogens is 3. The average molecular weight is 302 g/mol. The molecule has 0 saturated heterocycles. The summed E-state index contributed by atoms with van der Waals surface area (Å²) in [6.45, 7) is 0. The van der Waals surface area contributed by atoms with E-state index in [-0.39, 0.29) is 6.04 Å². The summed E-state index contributed by atoms with van der Waals surface area (Å²) in [5, 5.41) is 1.90. The van der Waals surface area contributed by atoms with E-state index >= 15 is 0 Å². The largest absolute Gasteiger partial charge is 0.271 e. The molecule has 0 aromatic heterocycles. The van der Waals surface area contributed by atoms with Crippen LogP contribution < -0.4 is 11.3 Å². The van der Waals surface area contributed by atoms with Gasteiger partial charge in [-0.1, -0.05) is 46.9 Å². The summed E-state index contributed by atoms with van der Waals surface area (Å²) in [7, 11) is 0. The Morgan fingerprint density at radius 2 is 1.50 bits per heavy atom. The van der Waals surface area contributed by atoms with Crippen molar-refractivity contribution in [1.29, 1.82) is 0 Å². The minimum atomic E-state index is -0.228. The molecule has 18 heavy (non-hydrogen) atoms. The monoisotopic (exact) mass is 300 g/mol. The molecule has 0 aliphatic carbocycles. The van der Waals surface area contributed by atoms with Gasteiger partial charge in [-0.25, -0.2) is 5.43 Å². The predicted octanol–water partition coefficient (Wildman–Crippen LogP) is 4.20. The van der Waals surface area contributed by atoms with E-state index in [1.807, 2.05) is 12.1 Å². The van der Waals surface area contributed by atoms with Crippen LogP contribution in [0.15, 0.2) is 42.5 Å². The van der Waals surface area contributed by atoms with Gasteiger partial charge in [0.2, 0.25) is 0 Å². The van der Waals surface area contributed by atoms with Crippen LogP contribution in [0.25, 0.3) is 0 Å². The number of hydrogen-bond acceptors (Lipinski definition) is 2. The number of benzene rings is 2. The SMILES string of the molecule is NNC(c1ccc(Cl)cc1)c1cc(Cl)ccc1Cl. The Morgan fingerprint density at radius 3 is 2.11 bits per heavy atom. The van der Waals surface area contributed by atoms with Gasteiger partial charge < -0.3 is 0 Å². The maximum Gasteiger partial charge on any atom is 0.0725 e. The molecule has 0 saturated carbocycles. The first-order valence-electron chi connectivity index (χ1n) is 5.28. The second-order valence-corrected chi connectivity index (χ2v) is 5.10. The Balaban J connectivity index is 2.44. The van der Waals surface area contributed by atoms with E-state index in [2.05, 4.69) is 5.43 Å². The zero-order valence-corrected chi connectivity index (χ0v) is 11.6. The van der Waals surface area contributed by atoms with Gasteiger partial charge in [0.05, 0.1) is 6.04 Å². The fourth-order valence-corrected chi connectivity index (χ4v) is 2.29. The van der Waals surface area contributed by atoms with Crippen LogP contribution in [0.5, 0.6) is 0 Å². The summed E-state index contributed by atoms with van der Waals surface area (Å²) in [5.74, 6) is 5.61. The molecule has 2 aromatic carbocycles. The fraction of sp³-hybridized carbons (Fsp3) is 0.0769. The van der Waals surface area contributed by atoms with Crippen LogP contribution in [0.4, 0.5) is 0 Å². The molecule has 2 nitrogen and oxygen atoms in total. The Kier molecular flexibility index (Phi) is 4.49. The van der Waals surface area contributed by atoms with Crippen molar-refractivity contribution in [2.24, 2.45) is 5.84 Å². The lowest BCUT2D eigenvalue weighted by molar-refractivity contribution is 0.637. The van der Waals surface area contributed by atoms with E-state index < -0.39 is 0 Å². The van der Waals surface area contributed by atoms with Crippen LogP contribution in [0.3, 0.4) is 0 Å². The highest BCUT2D eigenvalue weighted by Gasteiger charge is 2.15. The first kappa shape index (κ1) is 13.7. The Hall–Kier alpha value is -0.770. The van der Waals surface area contributed by atoms with Crippen molar-refractivity contribution in [1.82, 2.24) is 5.43 Å². The summed E-state index contributed by atoms with van der Waals surface area (Å²) >= 11 is 18.0. The van der Waals surface area contributed by atoms with Crippen molar-refractivity contribution >= 4 is 34.8 Å². The molecule has 1 unspecified atom stereocenters. The summed E-state index contributed by atoms with van der Waals surface area (Å²) in [4.78, 5) is 0. The third-order valence-electron chi connectivity index (χ3n) is 2.64. The molecular weight excluding hydrogens is 291 g/mol. The molecule has 0 aliphatic heterocycles. The van der Waals surface area contributed by atoms with Crippen molar-refractivity contribution in [3.63, 3.8) is 0 Å². The highest BCUT2D eigenvalue weighted by molar-refractivity contribution is 6.33. The van der Waals surface area contributed by atoms with E-state index in [0.29, 0.717) is 15.1 Å². The van der Waals surface area contributed by atoms with Gasteiger partial charge in [0.25, 0.3) is 0 Å². The normalized spacial score (nSPS) is 12.4. The zero-order valence-electron chi connectivity index (χ0n) is 9.33. The van der Waals surface area contributed by atoms with Crippen LogP contribution >= 0.6 is 34.8 Å². The first-order valence-corrected chi connectivity index (χ1v) is 6.41. The molecule has 3 N–H and O–H groups in total. The molecule has 94 valence electrons. The Labute approximate surface area is 121 Å². The smallest absolute Gasteiger partial charge is 0.0725 e. The van der Waals surface area contributed by atoms with E-state index in [4.69, 9.17) is 40.6 Å². The molecule has 5 heteroatoms. The molecule has 0 heterocycles. The standard InChI is InChI=1S/C13H11Cl3N2/c14-9-3-1-8(2-4-9)13(18-17)11-7-10(15)5-6-12(11)16/h1-7,13,18H,17H2. The minimum absolute atomic E-state index is 0.228. The van der Waals surface area contributed by atoms with Crippen molar-refractivity contribution in [2.75, 3.05) is 0 Å². The molecule has 1 atom stereocenters. The maximum absolute atomic E-state index is 6.17. The first-order chi connectivity index (χ1) is 8.61. The van der Waals surface area contributed by atoms with Gasteiger partial charge >= 0.3 is 0 Å². The van der Waals surface area contributed by atoms with Gasteiger partial charge in [0, 0.05) is 15.1 Å². The Bertz CT molecular complexity index is 540. The number of hydrogen-bond donors (Lipinski definition) is 2. The van der Waals surface area contributed by atoms with E-state index in [9.17, 15) is 0 Å². The summed E-state index contributed by atoms with van der Waals surface area (Å²) < 4.78 is 0. The molecule has 0 fully saturated rings. The van der Waals surface area contributed by atoms with E-state index in [1.165, 1.54) is 0 Å². The molecule has 0 spiro atoms. The lowest BCUT2D eigenvalue weighted by Crippen LogP contribution is -2.29. The van der Waals surface area contributed by atoms with E-state index in [0.717, 1.165) is 11.1 Å². The lowest BCUT2D eigenvalue weighted by Gasteiger charge is -2.18. The average Bonchev–Trinajstić information content (AvgIpc) is 2.37. The molecule has 0 radical (unpaired) electrons. The Morgan fingerprint density at radius 1 is 0.889 bits per heavy atom. The van der Waals surface area contributed by atoms with Crippen LogP contribution in [0.2, 0.25) is 15.1 Å². The van der Waals surface area contributed by atoms with Crippen molar-refractivity contribution in [3.8, 4) is 0 Å². The lowest BCUT2D eigenvalue weighted by atomic mass is 9.99. The topological polar surface area (TPSA) is 38.0 Å². The molecule has 2 rings (SSSR count). The highest BCUT2D eigenvalue weighted by Crippen LogP contribution is 2.30. The van der Waals surface area contributed by atoms with Crippen molar-refractivity contribution in [2.45, 2.75) is 6.04 Å². The van der Waals surface area contributed by atoms with Gasteiger partial charge in [0.1, 0.15) is 0 Å². The summed E-state index contributed by atoms with van der Waals surface area (Å²) in [6, 6.07) is 12.5. The summed E-state index contributed by atoms with van der Waals surface area (Å²) in [6.07, 6.45) is 0. The number of hydrazine groups is 1. The molecule has 2 aromatic rings. The number of nitrogens with one attached hydrogen (secondary N) is 1. The predicted molar refractivity (Wildman–Crippen MR) is 77.1 cm³/mol. The molecular formula is C13H11Cl3N2. The molecule has 0 bridgehead atoms. The van der Waals surface area contributed by atoms with Crippen LogP contribution in [-0.2, 0) is 0 Å². The van der Waals surface area contributed by atoms with E-state index in [1.54, 1.807) is 30.3 Å². The van der Waals surface area contributed by atoms with Crippen LogP contribution in [0, 0.1) is 0 Å². The quantitative estimate of drug-likeness (QED) is 0.658. The van der Waals surface area contributed by atoms with Crippen molar-refractivity contribution in [3.05, 3.63) is 68.7 Å². The third-order valence-corrected chi connectivity index (χ3v) is 3.47. The molecule has 0 amide bonds. The van der Waals surface area contributed by atoms with Crippen LogP contribution in [-0.4, -0.2) is 0 Å². The minimum Gasteiger partial charge on any atom is -0.271 e. The van der Waals surface area contributed by atoms with Gasteiger partial charge in [-0.05, 0) is 41.5 Å². The molecule has 0 aliphatic rings. The fourth-order valence-electron chi connectivity index (χ4n) is 1.76. The number of rotatable bonds is 3. The van der Waals surface area contributed by atoms with Gasteiger partial charge in [-0.3, -0.25) is 5.84 Å².